The number of carboxylic acid groups (broad SMARTS) is 1. The van der Waals surface area contributed by atoms with E-state index in [4.69, 9.17) is 5.11 Å². The highest BCUT2D eigenvalue weighted by molar-refractivity contribution is 6.05. The van der Waals surface area contributed by atoms with Gasteiger partial charge in [-0.05, 0) is 48.9 Å². The molecule has 2 rings (SSSR count). The molecule has 0 radical (unpaired) electrons. The number of hydrogen-bond acceptors (Lipinski definition) is 3. The van der Waals surface area contributed by atoms with Gasteiger partial charge in [0, 0.05) is 11.3 Å². The summed E-state index contributed by atoms with van der Waals surface area (Å²) in [4.78, 5) is 23.0. The third kappa shape index (κ3) is 2.77. The Morgan fingerprint density at radius 3 is 2.30 bits per heavy atom. The molecule has 0 aliphatic heterocycles. The summed E-state index contributed by atoms with van der Waals surface area (Å²) in [7, 11) is 0. The Labute approximate surface area is 115 Å². The van der Waals surface area contributed by atoms with E-state index in [0.29, 0.717) is 16.8 Å². The molecular formula is C15H13NO4. The molecule has 5 nitrogen and oxygen atoms in total. The van der Waals surface area contributed by atoms with Crippen molar-refractivity contribution in [2.24, 2.45) is 0 Å². The highest BCUT2D eigenvalue weighted by Crippen LogP contribution is 2.20. The lowest BCUT2D eigenvalue weighted by Crippen LogP contribution is -2.13. The van der Waals surface area contributed by atoms with E-state index in [1.165, 1.54) is 30.3 Å². The van der Waals surface area contributed by atoms with Crippen LogP contribution >= 0.6 is 0 Å². The van der Waals surface area contributed by atoms with Gasteiger partial charge in [-0.25, -0.2) is 4.79 Å². The fourth-order valence-corrected chi connectivity index (χ4v) is 1.81. The molecule has 0 atom stereocenters. The zero-order valence-corrected chi connectivity index (χ0v) is 10.8. The van der Waals surface area contributed by atoms with Gasteiger partial charge in [0.25, 0.3) is 5.91 Å². The first-order chi connectivity index (χ1) is 9.49. The SMILES string of the molecule is Cc1c(NC(=O)c2ccc(O)cc2)cccc1C(=O)O. The van der Waals surface area contributed by atoms with Crippen molar-refractivity contribution in [3.63, 3.8) is 0 Å². The van der Waals surface area contributed by atoms with Gasteiger partial charge >= 0.3 is 5.97 Å². The first kappa shape index (κ1) is 13.6. The molecule has 102 valence electrons. The van der Waals surface area contributed by atoms with Gasteiger partial charge in [-0.1, -0.05) is 6.07 Å². The lowest BCUT2D eigenvalue weighted by atomic mass is 10.1. The van der Waals surface area contributed by atoms with Crippen molar-refractivity contribution >= 4 is 17.6 Å². The molecule has 0 saturated heterocycles. The lowest BCUT2D eigenvalue weighted by molar-refractivity contribution is 0.0695. The number of hydrogen-bond donors (Lipinski definition) is 3. The Morgan fingerprint density at radius 1 is 1.05 bits per heavy atom. The van der Waals surface area contributed by atoms with Crippen LogP contribution in [0.15, 0.2) is 42.5 Å². The highest BCUT2D eigenvalue weighted by Gasteiger charge is 2.12. The molecule has 0 unspecified atom stereocenters. The summed E-state index contributed by atoms with van der Waals surface area (Å²) in [6.07, 6.45) is 0. The normalized spacial score (nSPS) is 10.1. The van der Waals surface area contributed by atoms with Crippen LogP contribution in [-0.4, -0.2) is 22.1 Å². The number of nitrogens with one attached hydrogen (secondary N) is 1. The largest absolute Gasteiger partial charge is 0.508 e. The summed E-state index contributed by atoms with van der Waals surface area (Å²) in [5.41, 5.74) is 1.46. The van der Waals surface area contributed by atoms with E-state index in [0.717, 1.165) is 0 Å². The van der Waals surface area contributed by atoms with Crippen LogP contribution in [0, 0.1) is 6.92 Å². The zero-order valence-electron chi connectivity index (χ0n) is 10.8. The van der Waals surface area contributed by atoms with Crippen LogP contribution in [0.2, 0.25) is 0 Å². The predicted molar refractivity (Wildman–Crippen MR) is 74.2 cm³/mol. The Balaban J connectivity index is 2.26. The predicted octanol–water partition coefficient (Wildman–Crippen LogP) is 2.65. The van der Waals surface area contributed by atoms with E-state index in [9.17, 15) is 14.7 Å². The second-order valence-corrected chi connectivity index (χ2v) is 4.28. The quantitative estimate of drug-likeness (QED) is 0.801. The molecule has 5 heteroatoms. The summed E-state index contributed by atoms with van der Waals surface area (Å²) in [5.74, 6) is -1.33. The van der Waals surface area contributed by atoms with Gasteiger partial charge in [-0.15, -0.1) is 0 Å². The lowest BCUT2D eigenvalue weighted by Gasteiger charge is -2.10. The van der Waals surface area contributed by atoms with Crippen LogP contribution in [0.3, 0.4) is 0 Å². The molecule has 2 aromatic carbocycles. The summed E-state index contributed by atoms with van der Waals surface area (Å²) in [6, 6.07) is 10.5. The van der Waals surface area contributed by atoms with E-state index in [2.05, 4.69) is 5.32 Å². The van der Waals surface area contributed by atoms with Crippen LogP contribution < -0.4 is 5.32 Å². The molecule has 0 aromatic heterocycles. The molecule has 0 aliphatic carbocycles. The van der Waals surface area contributed by atoms with E-state index in [1.54, 1.807) is 19.1 Å². The zero-order chi connectivity index (χ0) is 14.7. The Kier molecular flexibility index (Phi) is 3.70. The Hall–Kier alpha value is -2.82. The van der Waals surface area contributed by atoms with Crippen LogP contribution in [-0.2, 0) is 0 Å². The third-order valence-corrected chi connectivity index (χ3v) is 2.94. The van der Waals surface area contributed by atoms with Crippen molar-refractivity contribution in [1.29, 1.82) is 0 Å². The van der Waals surface area contributed by atoms with Gasteiger partial charge in [0.05, 0.1) is 5.56 Å². The number of phenols is 1. The maximum Gasteiger partial charge on any atom is 0.336 e. The van der Waals surface area contributed by atoms with Gasteiger partial charge in [0.1, 0.15) is 5.75 Å². The number of aromatic carboxylic acids is 1. The Morgan fingerprint density at radius 2 is 1.70 bits per heavy atom. The number of phenolic OH excluding ortho intramolecular Hbond substituents is 1. The maximum atomic E-state index is 12.0. The van der Waals surface area contributed by atoms with Gasteiger partial charge in [-0.2, -0.15) is 0 Å². The molecule has 3 N–H and O–H groups in total. The van der Waals surface area contributed by atoms with Crippen molar-refractivity contribution < 1.29 is 19.8 Å². The van der Waals surface area contributed by atoms with Crippen molar-refractivity contribution in [3.05, 3.63) is 59.2 Å². The average Bonchev–Trinajstić information content (AvgIpc) is 2.41. The number of carboxylic acids is 1. The first-order valence-corrected chi connectivity index (χ1v) is 5.92. The summed E-state index contributed by atoms with van der Waals surface area (Å²) >= 11 is 0. The molecule has 0 aliphatic rings. The molecule has 2 aromatic rings. The molecule has 0 saturated carbocycles. The van der Waals surface area contributed by atoms with Crippen LogP contribution in [0.25, 0.3) is 0 Å². The first-order valence-electron chi connectivity index (χ1n) is 5.92. The van der Waals surface area contributed by atoms with Crippen molar-refractivity contribution in [3.8, 4) is 5.75 Å². The minimum atomic E-state index is -1.04. The molecule has 0 heterocycles. The van der Waals surface area contributed by atoms with Crippen LogP contribution in [0.5, 0.6) is 5.75 Å². The maximum absolute atomic E-state index is 12.0. The number of aromatic hydroxyl groups is 1. The number of benzene rings is 2. The molecular weight excluding hydrogens is 258 g/mol. The van der Waals surface area contributed by atoms with Crippen molar-refractivity contribution in [2.75, 3.05) is 5.32 Å². The summed E-state index contributed by atoms with van der Waals surface area (Å²) in [5, 5.41) is 20.9. The molecule has 20 heavy (non-hydrogen) atoms. The Bertz CT molecular complexity index is 662. The molecule has 1 amide bonds. The number of amides is 1. The van der Waals surface area contributed by atoms with Gasteiger partial charge in [-0.3, -0.25) is 4.79 Å². The van der Waals surface area contributed by atoms with E-state index in [1.807, 2.05) is 0 Å². The smallest absolute Gasteiger partial charge is 0.336 e. The number of carbonyl (C=O) groups excluding carboxylic acids is 1. The van der Waals surface area contributed by atoms with E-state index >= 15 is 0 Å². The van der Waals surface area contributed by atoms with E-state index < -0.39 is 5.97 Å². The molecule has 0 fully saturated rings. The number of carbonyl (C=O) groups is 2. The second-order valence-electron chi connectivity index (χ2n) is 4.28. The van der Waals surface area contributed by atoms with Gasteiger partial charge in [0.2, 0.25) is 0 Å². The fraction of sp³-hybridized carbons (Fsp3) is 0.0667. The van der Waals surface area contributed by atoms with Crippen molar-refractivity contribution in [1.82, 2.24) is 0 Å². The van der Waals surface area contributed by atoms with Crippen LogP contribution in [0.1, 0.15) is 26.3 Å². The van der Waals surface area contributed by atoms with Crippen molar-refractivity contribution in [2.45, 2.75) is 6.92 Å². The summed E-state index contributed by atoms with van der Waals surface area (Å²) in [6.45, 7) is 1.63. The topological polar surface area (TPSA) is 86.6 Å². The molecule has 0 bridgehead atoms. The minimum absolute atomic E-state index is 0.0746. The van der Waals surface area contributed by atoms with E-state index in [-0.39, 0.29) is 17.2 Å². The van der Waals surface area contributed by atoms with Gasteiger partial charge in [0.15, 0.2) is 0 Å². The monoisotopic (exact) mass is 271 g/mol. The standard InChI is InChI=1S/C15H13NO4/c1-9-12(15(19)20)3-2-4-13(9)16-14(18)10-5-7-11(17)8-6-10/h2-8,17H,1H3,(H,16,18)(H,19,20). The molecule has 0 spiro atoms. The summed E-state index contributed by atoms with van der Waals surface area (Å²) < 4.78 is 0. The number of anilines is 1. The average molecular weight is 271 g/mol. The number of rotatable bonds is 3. The van der Waals surface area contributed by atoms with Gasteiger partial charge < -0.3 is 15.5 Å². The highest BCUT2D eigenvalue weighted by atomic mass is 16.4. The van der Waals surface area contributed by atoms with Crippen LogP contribution in [0.4, 0.5) is 5.69 Å². The fourth-order valence-electron chi connectivity index (χ4n) is 1.81. The second kappa shape index (κ2) is 5.44. The third-order valence-electron chi connectivity index (χ3n) is 2.94. The minimum Gasteiger partial charge on any atom is -0.508 e.